The van der Waals surface area contributed by atoms with Crippen molar-refractivity contribution in [1.29, 1.82) is 0 Å². The molecule has 0 aliphatic carbocycles. The topological polar surface area (TPSA) is 107 Å². The Morgan fingerprint density at radius 2 is 2.19 bits per heavy atom. The predicted molar refractivity (Wildman–Crippen MR) is 71.7 cm³/mol. The van der Waals surface area contributed by atoms with Crippen LogP contribution in [0.15, 0.2) is 12.1 Å². The number of anilines is 1. The number of rotatable bonds is 7. The Morgan fingerprint density at radius 1 is 1.52 bits per heavy atom. The van der Waals surface area contributed by atoms with Crippen LogP contribution in [0.25, 0.3) is 0 Å². The number of nitro groups is 1. The second-order valence-electron chi connectivity index (χ2n) is 3.87. The molecule has 0 atom stereocenters. The summed E-state index contributed by atoms with van der Waals surface area (Å²) >= 11 is 5.71. The summed E-state index contributed by atoms with van der Waals surface area (Å²) in [5.41, 5.74) is 4.64. The standard InChI is InChI=1S/C11H12ClF2N3O4/c12-7-3-6(4-8(10(7)15)17(19)20)11(18)16-1-2-21-5-9(13)14/h3-4,9H,1-2,5,15H2,(H,16,18). The van der Waals surface area contributed by atoms with Gasteiger partial charge in [0, 0.05) is 18.2 Å². The molecule has 0 aromatic heterocycles. The molecule has 0 radical (unpaired) electrons. The van der Waals surface area contributed by atoms with Crippen molar-refractivity contribution < 1.29 is 23.2 Å². The molecule has 0 aliphatic heterocycles. The molecule has 1 amide bonds. The molecule has 0 unspecified atom stereocenters. The van der Waals surface area contributed by atoms with E-state index >= 15 is 0 Å². The summed E-state index contributed by atoms with van der Waals surface area (Å²) in [5, 5.41) is 13.0. The Hall–Kier alpha value is -2.00. The Kier molecular flexibility index (Phi) is 6.25. The van der Waals surface area contributed by atoms with Gasteiger partial charge in [-0.25, -0.2) is 8.78 Å². The van der Waals surface area contributed by atoms with Crippen LogP contribution in [0.1, 0.15) is 10.4 Å². The largest absolute Gasteiger partial charge is 0.392 e. The molecule has 10 heteroatoms. The van der Waals surface area contributed by atoms with Gasteiger partial charge in [0.05, 0.1) is 16.6 Å². The molecule has 1 aromatic rings. The zero-order valence-electron chi connectivity index (χ0n) is 10.6. The summed E-state index contributed by atoms with van der Waals surface area (Å²) in [6.45, 7) is -0.864. The average molecular weight is 324 g/mol. The molecule has 0 spiro atoms. The molecule has 21 heavy (non-hydrogen) atoms. The van der Waals surface area contributed by atoms with Crippen LogP contribution in [0.5, 0.6) is 0 Å². The van der Waals surface area contributed by atoms with Crippen LogP contribution < -0.4 is 11.1 Å². The van der Waals surface area contributed by atoms with E-state index in [9.17, 15) is 23.7 Å². The maximum atomic E-state index is 11.8. The fourth-order valence-corrected chi connectivity index (χ4v) is 1.61. The highest BCUT2D eigenvalue weighted by Crippen LogP contribution is 2.30. The first-order chi connectivity index (χ1) is 9.82. The lowest BCUT2D eigenvalue weighted by Gasteiger charge is -2.07. The molecule has 0 saturated heterocycles. The number of amides is 1. The number of nitrogens with one attached hydrogen (secondary N) is 1. The van der Waals surface area contributed by atoms with Crippen LogP contribution in [0.2, 0.25) is 5.02 Å². The minimum atomic E-state index is -2.58. The Labute approximate surface area is 123 Å². The maximum absolute atomic E-state index is 11.8. The first-order valence-corrected chi connectivity index (χ1v) is 6.08. The van der Waals surface area contributed by atoms with Crippen LogP contribution in [0, 0.1) is 10.1 Å². The molecule has 0 saturated carbocycles. The molecular formula is C11H12ClF2N3O4. The van der Waals surface area contributed by atoms with Gasteiger partial charge >= 0.3 is 0 Å². The van der Waals surface area contributed by atoms with Crippen molar-refractivity contribution in [2.45, 2.75) is 6.43 Å². The second kappa shape index (κ2) is 7.70. The van der Waals surface area contributed by atoms with Gasteiger partial charge in [0.1, 0.15) is 12.3 Å². The maximum Gasteiger partial charge on any atom is 0.294 e. The van der Waals surface area contributed by atoms with E-state index in [1.54, 1.807) is 0 Å². The van der Waals surface area contributed by atoms with Crippen LogP contribution >= 0.6 is 11.6 Å². The van der Waals surface area contributed by atoms with Crippen molar-refractivity contribution in [3.8, 4) is 0 Å². The summed E-state index contributed by atoms with van der Waals surface area (Å²) in [6, 6.07) is 2.16. The van der Waals surface area contributed by atoms with Crippen LogP contribution in [0.4, 0.5) is 20.2 Å². The fourth-order valence-electron chi connectivity index (χ4n) is 1.40. The van der Waals surface area contributed by atoms with Crippen molar-refractivity contribution in [3.05, 3.63) is 32.8 Å². The van der Waals surface area contributed by atoms with Crippen molar-refractivity contribution in [2.75, 3.05) is 25.5 Å². The average Bonchev–Trinajstić information content (AvgIpc) is 2.40. The molecule has 1 aromatic carbocycles. The Balaban J connectivity index is 2.64. The normalized spacial score (nSPS) is 10.7. The highest BCUT2D eigenvalue weighted by molar-refractivity contribution is 6.34. The molecule has 7 nitrogen and oxygen atoms in total. The van der Waals surface area contributed by atoms with Gasteiger partial charge in [0.2, 0.25) is 0 Å². The number of carbonyl (C=O) groups is 1. The Bertz CT molecular complexity index is 542. The van der Waals surface area contributed by atoms with Gasteiger partial charge in [-0.05, 0) is 6.07 Å². The summed E-state index contributed by atoms with van der Waals surface area (Å²) < 4.78 is 28.1. The third kappa shape index (κ3) is 5.12. The van der Waals surface area contributed by atoms with Crippen molar-refractivity contribution in [3.63, 3.8) is 0 Å². The highest BCUT2D eigenvalue weighted by atomic mass is 35.5. The Morgan fingerprint density at radius 3 is 2.76 bits per heavy atom. The molecule has 3 N–H and O–H groups in total. The summed E-state index contributed by atoms with van der Waals surface area (Å²) in [7, 11) is 0. The number of alkyl halides is 2. The number of carbonyl (C=O) groups excluding carboxylic acids is 1. The summed E-state index contributed by atoms with van der Waals surface area (Å²) in [4.78, 5) is 21.7. The fraction of sp³-hybridized carbons (Fsp3) is 0.364. The minimum Gasteiger partial charge on any atom is -0.392 e. The molecule has 116 valence electrons. The molecule has 0 aliphatic rings. The van der Waals surface area contributed by atoms with E-state index in [1.807, 2.05) is 0 Å². The minimum absolute atomic E-state index is 0.0264. The lowest BCUT2D eigenvalue weighted by atomic mass is 10.1. The SMILES string of the molecule is Nc1c(Cl)cc(C(=O)NCCOCC(F)F)cc1[N+](=O)[O-]. The van der Waals surface area contributed by atoms with E-state index in [2.05, 4.69) is 10.1 Å². The van der Waals surface area contributed by atoms with E-state index in [0.29, 0.717) is 0 Å². The van der Waals surface area contributed by atoms with Gasteiger partial charge in [-0.1, -0.05) is 11.6 Å². The van der Waals surface area contributed by atoms with Crippen LogP contribution in [0.3, 0.4) is 0 Å². The zero-order valence-corrected chi connectivity index (χ0v) is 11.4. The number of benzene rings is 1. The summed E-state index contributed by atoms with van der Waals surface area (Å²) in [6.07, 6.45) is -2.58. The quantitative estimate of drug-likeness (QED) is 0.344. The molecule has 1 rings (SSSR count). The number of nitrogens with zero attached hydrogens (tertiary/aromatic N) is 1. The van der Waals surface area contributed by atoms with Gasteiger partial charge < -0.3 is 15.8 Å². The lowest BCUT2D eigenvalue weighted by molar-refractivity contribution is -0.383. The van der Waals surface area contributed by atoms with E-state index in [1.165, 1.54) is 6.07 Å². The van der Waals surface area contributed by atoms with Gasteiger partial charge in [-0.15, -0.1) is 0 Å². The van der Waals surface area contributed by atoms with Crippen molar-refractivity contribution >= 4 is 28.9 Å². The smallest absolute Gasteiger partial charge is 0.294 e. The number of nitro benzene ring substituents is 1. The number of hydrogen-bond acceptors (Lipinski definition) is 5. The third-order valence-corrected chi connectivity index (χ3v) is 2.66. The van der Waals surface area contributed by atoms with E-state index < -0.39 is 29.6 Å². The number of halogens is 3. The van der Waals surface area contributed by atoms with Gasteiger partial charge in [0.25, 0.3) is 18.0 Å². The first-order valence-electron chi connectivity index (χ1n) is 5.70. The number of nitrogen functional groups attached to an aromatic ring is 1. The first kappa shape index (κ1) is 17.1. The predicted octanol–water partition coefficient (Wildman–Crippen LogP) is 1.84. The van der Waals surface area contributed by atoms with E-state index in [-0.39, 0.29) is 29.4 Å². The van der Waals surface area contributed by atoms with Crippen molar-refractivity contribution in [2.24, 2.45) is 0 Å². The number of nitrogens with two attached hydrogens (primary N) is 1. The molecule has 0 heterocycles. The molecule has 0 fully saturated rings. The van der Waals surface area contributed by atoms with Crippen molar-refractivity contribution in [1.82, 2.24) is 5.32 Å². The van der Waals surface area contributed by atoms with E-state index in [0.717, 1.165) is 6.07 Å². The van der Waals surface area contributed by atoms with Gasteiger partial charge in [-0.3, -0.25) is 14.9 Å². The molecule has 0 bridgehead atoms. The highest BCUT2D eigenvalue weighted by Gasteiger charge is 2.19. The monoisotopic (exact) mass is 323 g/mol. The van der Waals surface area contributed by atoms with Gasteiger partial charge in [-0.2, -0.15) is 0 Å². The van der Waals surface area contributed by atoms with Crippen LogP contribution in [-0.4, -0.2) is 37.0 Å². The second-order valence-corrected chi connectivity index (χ2v) is 4.28. The molecular weight excluding hydrogens is 312 g/mol. The summed E-state index contributed by atoms with van der Waals surface area (Å²) in [5.74, 6) is -0.652. The van der Waals surface area contributed by atoms with Gasteiger partial charge in [0.15, 0.2) is 0 Å². The lowest BCUT2D eigenvalue weighted by Crippen LogP contribution is -2.28. The van der Waals surface area contributed by atoms with E-state index in [4.69, 9.17) is 17.3 Å². The third-order valence-electron chi connectivity index (χ3n) is 2.34. The number of ether oxygens (including phenoxy) is 1. The zero-order chi connectivity index (χ0) is 16.0. The van der Waals surface area contributed by atoms with Crippen LogP contribution in [-0.2, 0) is 4.74 Å². The number of hydrogen-bond donors (Lipinski definition) is 2.